The van der Waals surface area contributed by atoms with E-state index in [-0.39, 0.29) is 5.79 Å². The second-order valence-corrected chi connectivity index (χ2v) is 4.81. The monoisotopic (exact) mass is 182 g/mol. The zero-order valence-electron chi connectivity index (χ0n) is 7.57. The first-order valence-electron chi connectivity index (χ1n) is 5.30. The molecule has 4 unspecified atom stereocenters. The molecule has 0 N–H and O–H groups in total. The van der Waals surface area contributed by atoms with E-state index in [0.717, 1.165) is 37.9 Å². The van der Waals surface area contributed by atoms with Crippen molar-refractivity contribution in [1.29, 1.82) is 0 Å². The predicted molar refractivity (Wildman–Crippen MR) is 44.1 cm³/mol. The maximum atomic E-state index is 5.73. The van der Waals surface area contributed by atoms with Crippen LogP contribution in [0.4, 0.5) is 0 Å². The summed E-state index contributed by atoms with van der Waals surface area (Å²) in [5.74, 6) is 1.37. The number of hydrogen-bond acceptors (Lipinski definition) is 3. The molecule has 72 valence electrons. The summed E-state index contributed by atoms with van der Waals surface area (Å²) in [5, 5.41) is 0. The van der Waals surface area contributed by atoms with E-state index in [1.54, 1.807) is 0 Å². The Balaban J connectivity index is 1.60. The molecule has 2 aliphatic carbocycles. The van der Waals surface area contributed by atoms with Gasteiger partial charge in [0.15, 0.2) is 5.79 Å². The van der Waals surface area contributed by atoms with Crippen molar-refractivity contribution < 1.29 is 14.2 Å². The van der Waals surface area contributed by atoms with Crippen LogP contribution in [0.2, 0.25) is 0 Å². The van der Waals surface area contributed by atoms with E-state index >= 15 is 0 Å². The minimum absolute atomic E-state index is 0.188. The zero-order valence-corrected chi connectivity index (χ0v) is 7.57. The summed E-state index contributed by atoms with van der Waals surface area (Å²) in [6.07, 6.45) is 4.63. The Morgan fingerprint density at radius 3 is 2.69 bits per heavy atom. The molecule has 3 heteroatoms. The molecule has 0 bridgehead atoms. The van der Waals surface area contributed by atoms with Gasteiger partial charge in [-0.15, -0.1) is 0 Å². The van der Waals surface area contributed by atoms with Crippen LogP contribution in [0.5, 0.6) is 0 Å². The Labute approximate surface area is 77.3 Å². The summed E-state index contributed by atoms with van der Waals surface area (Å²) < 4.78 is 17.0. The molecular weight excluding hydrogens is 168 g/mol. The molecule has 1 spiro atoms. The van der Waals surface area contributed by atoms with E-state index in [1.807, 2.05) is 0 Å². The van der Waals surface area contributed by atoms with Crippen LogP contribution in [0.15, 0.2) is 0 Å². The number of epoxide rings is 1. The predicted octanol–water partition coefficient (Wildman–Crippen LogP) is 0.927. The Kier molecular flexibility index (Phi) is 1.16. The van der Waals surface area contributed by atoms with E-state index in [9.17, 15) is 0 Å². The van der Waals surface area contributed by atoms with Crippen LogP contribution in [-0.4, -0.2) is 31.2 Å². The maximum absolute atomic E-state index is 5.73. The largest absolute Gasteiger partial charge is 0.369 e. The van der Waals surface area contributed by atoms with Crippen LogP contribution in [0.1, 0.15) is 19.3 Å². The highest BCUT2D eigenvalue weighted by molar-refractivity contribution is 5.09. The lowest BCUT2D eigenvalue weighted by Crippen LogP contribution is -2.27. The molecule has 0 amide bonds. The molecule has 2 aliphatic heterocycles. The van der Waals surface area contributed by atoms with Crippen LogP contribution in [0.25, 0.3) is 0 Å². The fourth-order valence-corrected chi connectivity index (χ4v) is 3.56. The molecule has 3 nitrogen and oxygen atoms in total. The van der Waals surface area contributed by atoms with Crippen molar-refractivity contribution in [1.82, 2.24) is 0 Å². The van der Waals surface area contributed by atoms with E-state index in [1.165, 1.54) is 6.42 Å². The van der Waals surface area contributed by atoms with Gasteiger partial charge in [-0.05, 0) is 18.3 Å². The third kappa shape index (κ3) is 0.853. The van der Waals surface area contributed by atoms with Crippen molar-refractivity contribution in [3.63, 3.8) is 0 Å². The number of ether oxygens (including phenoxy) is 3. The molecule has 2 heterocycles. The number of hydrogen-bond donors (Lipinski definition) is 0. The molecule has 0 radical (unpaired) electrons. The van der Waals surface area contributed by atoms with Gasteiger partial charge in [0.1, 0.15) is 0 Å². The summed E-state index contributed by atoms with van der Waals surface area (Å²) in [7, 11) is 0. The molecular formula is C10H14O3. The fourth-order valence-electron chi connectivity index (χ4n) is 3.56. The van der Waals surface area contributed by atoms with Gasteiger partial charge in [0.25, 0.3) is 0 Å². The van der Waals surface area contributed by atoms with Crippen LogP contribution in [0.3, 0.4) is 0 Å². The Morgan fingerprint density at radius 1 is 1.08 bits per heavy atom. The first-order valence-corrected chi connectivity index (χ1v) is 5.30. The lowest BCUT2D eigenvalue weighted by Gasteiger charge is -2.21. The molecule has 2 saturated heterocycles. The Hall–Kier alpha value is -0.120. The van der Waals surface area contributed by atoms with Crippen LogP contribution < -0.4 is 0 Å². The minimum Gasteiger partial charge on any atom is -0.369 e. The summed E-state index contributed by atoms with van der Waals surface area (Å²) >= 11 is 0. The molecule has 0 aromatic heterocycles. The second kappa shape index (κ2) is 2.10. The van der Waals surface area contributed by atoms with E-state index < -0.39 is 0 Å². The standard InChI is InChI=1S/C10H14O3/c1-2-12-10(11-1)4-6-3-8-9(13-8)7(6)5-10/h6-9H,1-5H2. The fraction of sp³-hybridized carbons (Fsp3) is 1.00. The highest BCUT2D eigenvalue weighted by atomic mass is 16.7. The zero-order chi connectivity index (χ0) is 8.47. The molecule has 2 saturated carbocycles. The third-order valence-electron chi connectivity index (χ3n) is 4.12. The minimum atomic E-state index is -0.188. The summed E-state index contributed by atoms with van der Waals surface area (Å²) in [6.45, 7) is 1.57. The molecule has 0 aromatic carbocycles. The summed E-state index contributed by atoms with van der Waals surface area (Å²) in [6, 6.07) is 0. The lowest BCUT2D eigenvalue weighted by molar-refractivity contribution is -0.155. The van der Waals surface area contributed by atoms with Crippen molar-refractivity contribution >= 4 is 0 Å². The van der Waals surface area contributed by atoms with Gasteiger partial charge in [-0.3, -0.25) is 0 Å². The number of rotatable bonds is 0. The average molecular weight is 182 g/mol. The molecule has 4 fully saturated rings. The van der Waals surface area contributed by atoms with Crippen LogP contribution >= 0.6 is 0 Å². The van der Waals surface area contributed by atoms with Crippen molar-refractivity contribution in [3.05, 3.63) is 0 Å². The van der Waals surface area contributed by atoms with Gasteiger partial charge in [-0.25, -0.2) is 0 Å². The maximum Gasteiger partial charge on any atom is 0.169 e. The molecule has 0 aromatic rings. The molecule has 4 atom stereocenters. The van der Waals surface area contributed by atoms with Gasteiger partial charge in [0.05, 0.1) is 25.4 Å². The van der Waals surface area contributed by atoms with Gasteiger partial charge >= 0.3 is 0 Å². The summed E-state index contributed by atoms with van der Waals surface area (Å²) in [4.78, 5) is 0. The lowest BCUT2D eigenvalue weighted by atomic mass is 10.00. The highest BCUT2D eigenvalue weighted by Gasteiger charge is 2.63. The topological polar surface area (TPSA) is 31.0 Å². The highest BCUT2D eigenvalue weighted by Crippen LogP contribution is 2.58. The van der Waals surface area contributed by atoms with Gasteiger partial charge < -0.3 is 14.2 Å². The molecule has 4 rings (SSSR count). The normalized spacial score (nSPS) is 55.4. The Bertz CT molecular complexity index is 247. The Morgan fingerprint density at radius 2 is 1.92 bits per heavy atom. The second-order valence-electron chi connectivity index (χ2n) is 4.81. The van der Waals surface area contributed by atoms with E-state index in [2.05, 4.69) is 0 Å². The quantitative estimate of drug-likeness (QED) is 0.522. The first-order chi connectivity index (χ1) is 6.36. The average Bonchev–Trinajstić information content (AvgIpc) is 2.53. The molecule has 4 aliphatic rings. The van der Waals surface area contributed by atoms with Gasteiger partial charge in [0, 0.05) is 12.8 Å². The van der Waals surface area contributed by atoms with Crippen molar-refractivity contribution in [2.24, 2.45) is 11.8 Å². The van der Waals surface area contributed by atoms with Crippen molar-refractivity contribution in [2.45, 2.75) is 37.3 Å². The van der Waals surface area contributed by atoms with Gasteiger partial charge in [-0.2, -0.15) is 0 Å². The first kappa shape index (κ1) is 7.21. The third-order valence-corrected chi connectivity index (χ3v) is 4.12. The van der Waals surface area contributed by atoms with Gasteiger partial charge in [0.2, 0.25) is 0 Å². The van der Waals surface area contributed by atoms with E-state index in [4.69, 9.17) is 14.2 Å². The smallest absolute Gasteiger partial charge is 0.169 e. The van der Waals surface area contributed by atoms with Crippen LogP contribution in [0, 0.1) is 11.8 Å². The van der Waals surface area contributed by atoms with E-state index in [0.29, 0.717) is 12.2 Å². The molecule has 13 heavy (non-hydrogen) atoms. The van der Waals surface area contributed by atoms with Crippen molar-refractivity contribution in [3.8, 4) is 0 Å². The number of fused-ring (bicyclic) bond motifs is 3. The summed E-state index contributed by atoms with van der Waals surface area (Å²) in [5.41, 5.74) is 0. The van der Waals surface area contributed by atoms with Crippen LogP contribution in [-0.2, 0) is 14.2 Å². The SMILES string of the molecule is C1COC2(CC3CC4OC4C3C2)O1. The van der Waals surface area contributed by atoms with Gasteiger partial charge in [-0.1, -0.05) is 0 Å². The van der Waals surface area contributed by atoms with Crippen molar-refractivity contribution in [2.75, 3.05) is 13.2 Å².